The van der Waals surface area contributed by atoms with Crippen molar-refractivity contribution in [2.75, 3.05) is 6.61 Å². The number of fused-ring (bicyclic) bond motifs is 1. The Labute approximate surface area is 206 Å². The van der Waals surface area contributed by atoms with Crippen LogP contribution in [-0.4, -0.2) is 28.6 Å². The molecule has 6 nitrogen and oxygen atoms in total. The molecular weight excluding hydrogens is 440 g/mol. The van der Waals surface area contributed by atoms with Crippen molar-refractivity contribution >= 4 is 28.4 Å². The molecule has 0 radical (unpaired) electrons. The lowest BCUT2D eigenvalue weighted by Crippen LogP contribution is -2.27. The number of nitrogens with zero attached hydrogens (tertiary/aromatic N) is 2. The van der Waals surface area contributed by atoms with Gasteiger partial charge in [-0.15, -0.1) is 0 Å². The van der Waals surface area contributed by atoms with E-state index >= 15 is 0 Å². The molecule has 3 aromatic rings. The molecule has 1 heterocycles. The normalized spacial score (nSPS) is 16.6. The van der Waals surface area contributed by atoms with Crippen molar-refractivity contribution in [1.82, 2.24) is 4.57 Å². The second-order valence-corrected chi connectivity index (χ2v) is 8.87. The van der Waals surface area contributed by atoms with E-state index in [1.165, 1.54) is 5.39 Å². The number of Topliss-reactive ketones (excluding diaryl/α,β-unsaturated/α-hetero) is 1. The van der Waals surface area contributed by atoms with Gasteiger partial charge in [0.05, 0.1) is 16.8 Å². The molecule has 0 N–H and O–H groups in total. The molecule has 182 valence electrons. The zero-order valence-electron chi connectivity index (χ0n) is 20.8. The van der Waals surface area contributed by atoms with Gasteiger partial charge in [-0.25, -0.2) is 4.79 Å². The number of aromatic nitrogens is 1. The molecule has 1 aliphatic carbocycles. The predicted molar refractivity (Wildman–Crippen MR) is 137 cm³/mol. The van der Waals surface area contributed by atoms with E-state index in [-0.39, 0.29) is 11.7 Å². The van der Waals surface area contributed by atoms with Crippen molar-refractivity contribution in [3.63, 3.8) is 0 Å². The number of esters is 1. The van der Waals surface area contributed by atoms with Gasteiger partial charge >= 0.3 is 5.97 Å². The molecule has 4 rings (SSSR count). The average molecular weight is 473 g/mol. The van der Waals surface area contributed by atoms with E-state index in [4.69, 9.17) is 9.57 Å². The van der Waals surface area contributed by atoms with E-state index in [1.54, 1.807) is 24.3 Å². The van der Waals surface area contributed by atoms with Gasteiger partial charge in [-0.2, -0.15) is 0 Å². The minimum atomic E-state index is -0.479. The largest absolute Gasteiger partial charge is 0.427 e. The van der Waals surface area contributed by atoms with Crippen LogP contribution in [0.3, 0.4) is 0 Å². The van der Waals surface area contributed by atoms with Crippen LogP contribution in [0.1, 0.15) is 67.1 Å². The number of allylic oxidation sites excluding steroid dienone is 2. The van der Waals surface area contributed by atoms with Crippen LogP contribution in [0.15, 0.2) is 71.1 Å². The van der Waals surface area contributed by atoms with E-state index in [9.17, 15) is 9.59 Å². The fourth-order valence-electron chi connectivity index (χ4n) is 5.01. The molecular formula is C29H32N2O4. The summed E-state index contributed by atoms with van der Waals surface area (Å²) in [7, 11) is 2.03. The number of aryl methyl sites for hydroxylation is 2. The van der Waals surface area contributed by atoms with Crippen LogP contribution >= 0.6 is 0 Å². The second kappa shape index (κ2) is 10.7. The molecule has 0 fully saturated rings. The summed E-state index contributed by atoms with van der Waals surface area (Å²) in [5, 5.41) is 5.41. The SMILES string of the molecule is CCC/C(=N\OCC)C1=C(OC(=O)c2ccccc2)CC(c2c(C)c3ccccc3n2C)CC1=O. The van der Waals surface area contributed by atoms with Gasteiger partial charge < -0.3 is 14.1 Å². The lowest BCUT2D eigenvalue weighted by atomic mass is 9.81. The number of para-hydroxylation sites is 1. The number of carbonyl (C=O) groups is 2. The molecule has 2 aromatic carbocycles. The Hall–Kier alpha value is -3.67. The van der Waals surface area contributed by atoms with Crippen LogP contribution in [0.5, 0.6) is 0 Å². The van der Waals surface area contributed by atoms with Crippen LogP contribution in [0, 0.1) is 6.92 Å². The van der Waals surface area contributed by atoms with Gasteiger partial charge in [-0.3, -0.25) is 4.79 Å². The minimum Gasteiger partial charge on any atom is -0.427 e. The first kappa shape index (κ1) is 24.5. The third kappa shape index (κ3) is 4.92. The van der Waals surface area contributed by atoms with Crippen molar-refractivity contribution in [2.45, 2.75) is 52.4 Å². The van der Waals surface area contributed by atoms with E-state index in [0.29, 0.717) is 48.5 Å². The summed E-state index contributed by atoms with van der Waals surface area (Å²) in [4.78, 5) is 32.0. The van der Waals surface area contributed by atoms with Crippen LogP contribution in [0.25, 0.3) is 10.9 Å². The van der Waals surface area contributed by atoms with Gasteiger partial charge in [-0.05, 0) is 44.0 Å². The molecule has 1 atom stereocenters. The summed E-state index contributed by atoms with van der Waals surface area (Å²) >= 11 is 0. The van der Waals surface area contributed by atoms with Gasteiger partial charge in [0, 0.05) is 42.4 Å². The Morgan fingerprint density at radius 1 is 1.06 bits per heavy atom. The number of oxime groups is 1. The van der Waals surface area contributed by atoms with E-state index < -0.39 is 5.97 Å². The number of ether oxygens (including phenoxy) is 1. The first-order valence-electron chi connectivity index (χ1n) is 12.2. The maximum absolute atomic E-state index is 13.6. The molecule has 0 saturated heterocycles. The van der Waals surface area contributed by atoms with Crippen LogP contribution in [0.4, 0.5) is 0 Å². The monoisotopic (exact) mass is 472 g/mol. The summed E-state index contributed by atoms with van der Waals surface area (Å²) in [5.74, 6) is -0.296. The molecule has 0 amide bonds. The summed E-state index contributed by atoms with van der Waals surface area (Å²) in [5.41, 5.74) is 4.73. The average Bonchev–Trinajstić information content (AvgIpc) is 3.12. The molecule has 0 bridgehead atoms. The molecule has 6 heteroatoms. The van der Waals surface area contributed by atoms with E-state index in [0.717, 1.165) is 23.2 Å². The number of hydrogen-bond donors (Lipinski definition) is 0. The zero-order valence-corrected chi connectivity index (χ0v) is 20.8. The predicted octanol–water partition coefficient (Wildman–Crippen LogP) is 6.24. The molecule has 1 unspecified atom stereocenters. The summed E-state index contributed by atoms with van der Waals surface area (Å²) in [6, 6.07) is 17.1. The molecule has 0 spiro atoms. The van der Waals surface area contributed by atoms with Crippen molar-refractivity contribution in [3.8, 4) is 0 Å². The van der Waals surface area contributed by atoms with Gasteiger partial charge in [0.25, 0.3) is 0 Å². The first-order valence-corrected chi connectivity index (χ1v) is 12.2. The zero-order chi connectivity index (χ0) is 24.9. The van der Waals surface area contributed by atoms with Crippen molar-refractivity contribution in [3.05, 3.63) is 82.8 Å². The standard InChI is InChI=1S/C29H32N2O4/c1-5-12-23(30-34-6-2)27-25(32)17-21(18-26(27)35-29(33)20-13-8-7-9-14-20)28-19(3)22-15-10-11-16-24(22)31(28)4/h7-11,13-16,21H,5-6,12,17-18H2,1-4H3/b30-23+. The van der Waals surface area contributed by atoms with Crippen molar-refractivity contribution in [2.24, 2.45) is 12.2 Å². The summed E-state index contributed by atoms with van der Waals surface area (Å²) in [6.45, 7) is 6.35. The topological polar surface area (TPSA) is 69.9 Å². The highest BCUT2D eigenvalue weighted by Gasteiger charge is 2.36. The van der Waals surface area contributed by atoms with Crippen LogP contribution < -0.4 is 0 Å². The lowest BCUT2D eigenvalue weighted by molar-refractivity contribution is -0.116. The number of rotatable bonds is 8. The summed E-state index contributed by atoms with van der Waals surface area (Å²) < 4.78 is 8.11. The van der Waals surface area contributed by atoms with E-state index in [2.05, 4.69) is 28.8 Å². The van der Waals surface area contributed by atoms with Gasteiger partial charge in [0.15, 0.2) is 5.78 Å². The number of benzene rings is 2. The number of carbonyl (C=O) groups excluding carboxylic acids is 2. The Kier molecular flexibility index (Phi) is 7.49. The molecule has 1 aliphatic rings. The van der Waals surface area contributed by atoms with E-state index in [1.807, 2.05) is 39.1 Å². The second-order valence-electron chi connectivity index (χ2n) is 8.87. The summed E-state index contributed by atoms with van der Waals surface area (Å²) in [6.07, 6.45) is 2.10. The van der Waals surface area contributed by atoms with Crippen LogP contribution in [0.2, 0.25) is 0 Å². The number of ketones is 1. The first-order chi connectivity index (χ1) is 17.0. The molecule has 0 saturated carbocycles. The highest BCUT2D eigenvalue weighted by atomic mass is 16.6. The Morgan fingerprint density at radius 3 is 2.46 bits per heavy atom. The lowest BCUT2D eigenvalue weighted by Gasteiger charge is -2.27. The third-order valence-corrected chi connectivity index (χ3v) is 6.53. The fourth-order valence-corrected chi connectivity index (χ4v) is 5.01. The molecule has 1 aromatic heterocycles. The minimum absolute atomic E-state index is 0.0753. The fraction of sp³-hybridized carbons (Fsp3) is 0.345. The quantitative estimate of drug-likeness (QED) is 0.221. The number of hydrogen-bond acceptors (Lipinski definition) is 5. The maximum atomic E-state index is 13.6. The highest BCUT2D eigenvalue weighted by molar-refractivity contribution is 6.23. The molecule has 0 aliphatic heterocycles. The van der Waals surface area contributed by atoms with Gasteiger partial charge in [0.1, 0.15) is 12.4 Å². The Balaban J connectivity index is 1.79. The highest BCUT2D eigenvalue weighted by Crippen LogP contribution is 2.40. The van der Waals surface area contributed by atoms with Crippen LogP contribution in [-0.2, 0) is 21.4 Å². The third-order valence-electron chi connectivity index (χ3n) is 6.53. The van der Waals surface area contributed by atoms with Gasteiger partial charge in [-0.1, -0.05) is 54.9 Å². The maximum Gasteiger partial charge on any atom is 0.343 e. The van der Waals surface area contributed by atoms with Crippen molar-refractivity contribution < 1.29 is 19.2 Å². The smallest absolute Gasteiger partial charge is 0.343 e. The Morgan fingerprint density at radius 2 is 1.77 bits per heavy atom. The van der Waals surface area contributed by atoms with Crippen molar-refractivity contribution in [1.29, 1.82) is 0 Å². The molecule has 35 heavy (non-hydrogen) atoms. The van der Waals surface area contributed by atoms with Gasteiger partial charge in [0.2, 0.25) is 0 Å². The Bertz CT molecular complexity index is 1260.